The number of fused-ring (bicyclic) bond motifs is 1. The minimum atomic E-state index is -4.09. The highest BCUT2D eigenvalue weighted by Crippen LogP contribution is 2.38. The molecular formula is C27H26N4O7S. The van der Waals surface area contributed by atoms with E-state index in [4.69, 9.17) is 19.5 Å². The number of methoxy groups -OCH3 is 2. The quantitative estimate of drug-likeness (QED) is 0.253. The zero-order valence-corrected chi connectivity index (χ0v) is 22.0. The number of sulfonamides is 1. The molecule has 1 unspecified atom stereocenters. The summed E-state index contributed by atoms with van der Waals surface area (Å²) in [5, 5.41) is 28.1. The first-order valence-corrected chi connectivity index (χ1v) is 13.2. The molecular weight excluding hydrogens is 524 g/mol. The van der Waals surface area contributed by atoms with E-state index in [-0.39, 0.29) is 35.2 Å². The van der Waals surface area contributed by atoms with Gasteiger partial charge in [-0.15, -0.1) is 0 Å². The normalized spacial score (nSPS) is 12.0. The lowest BCUT2D eigenvalue weighted by Gasteiger charge is -2.19. The van der Waals surface area contributed by atoms with Crippen molar-refractivity contribution in [1.82, 2.24) is 9.97 Å². The summed E-state index contributed by atoms with van der Waals surface area (Å²) in [6, 6.07) is 17.8. The summed E-state index contributed by atoms with van der Waals surface area (Å²) in [5.74, 6) is 1.02. The number of hydrogen-bond donors (Lipinski definition) is 3. The number of para-hydroxylation sites is 2. The number of nitriles is 1. The van der Waals surface area contributed by atoms with Crippen LogP contribution in [0.4, 0.5) is 5.82 Å². The predicted molar refractivity (Wildman–Crippen MR) is 142 cm³/mol. The van der Waals surface area contributed by atoms with Crippen molar-refractivity contribution in [3.8, 4) is 23.3 Å². The maximum atomic E-state index is 13.2. The molecule has 0 amide bonds. The van der Waals surface area contributed by atoms with Crippen LogP contribution < -0.4 is 18.9 Å². The second kappa shape index (κ2) is 12.0. The zero-order valence-electron chi connectivity index (χ0n) is 21.2. The van der Waals surface area contributed by atoms with Gasteiger partial charge in [0.2, 0.25) is 0 Å². The Balaban J connectivity index is 1.81. The molecule has 1 heterocycles. The lowest BCUT2D eigenvalue weighted by atomic mass is 10.1. The lowest BCUT2D eigenvalue weighted by Crippen LogP contribution is -2.22. The summed E-state index contributed by atoms with van der Waals surface area (Å²) in [5.41, 5.74) is 2.14. The predicted octanol–water partition coefficient (Wildman–Crippen LogP) is 2.64. The lowest BCUT2D eigenvalue weighted by molar-refractivity contribution is 0.0524. The molecule has 0 bridgehead atoms. The molecule has 4 rings (SSSR count). The fraction of sp³-hybridized carbons (Fsp3) is 0.222. The van der Waals surface area contributed by atoms with Crippen LogP contribution in [-0.2, 0) is 16.4 Å². The van der Waals surface area contributed by atoms with Gasteiger partial charge in [0.25, 0.3) is 10.0 Å². The van der Waals surface area contributed by atoms with Crippen molar-refractivity contribution in [1.29, 1.82) is 5.26 Å². The molecule has 1 aromatic heterocycles. The van der Waals surface area contributed by atoms with E-state index in [1.165, 1.54) is 38.5 Å². The fourth-order valence-electron chi connectivity index (χ4n) is 3.75. The van der Waals surface area contributed by atoms with E-state index in [1.807, 2.05) is 6.07 Å². The number of aromatic nitrogens is 2. The van der Waals surface area contributed by atoms with Crippen LogP contribution in [-0.4, -0.2) is 62.1 Å². The minimum absolute atomic E-state index is 0.00110. The van der Waals surface area contributed by atoms with Crippen molar-refractivity contribution >= 4 is 26.9 Å². The van der Waals surface area contributed by atoms with Gasteiger partial charge in [-0.1, -0.05) is 12.1 Å². The molecule has 202 valence electrons. The summed E-state index contributed by atoms with van der Waals surface area (Å²) in [6.07, 6.45) is -1.08. The van der Waals surface area contributed by atoms with Gasteiger partial charge in [0.05, 0.1) is 54.1 Å². The summed E-state index contributed by atoms with van der Waals surface area (Å²) in [7, 11) is -1.15. The average Bonchev–Trinajstić information content (AvgIpc) is 2.95. The molecule has 0 radical (unpaired) electrons. The number of hydrogen-bond acceptors (Lipinski definition) is 10. The molecule has 0 saturated carbocycles. The molecule has 0 aliphatic carbocycles. The Kier molecular flexibility index (Phi) is 8.46. The van der Waals surface area contributed by atoms with Gasteiger partial charge in [0, 0.05) is 18.1 Å². The van der Waals surface area contributed by atoms with Gasteiger partial charge in [-0.3, -0.25) is 4.72 Å². The molecule has 3 aromatic carbocycles. The smallest absolute Gasteiger partial charge is 0.263 e. The zero-order chi connectivity index (χ0) is 28.0. The van der Waals surface area contributed by atoms with E-state index in [2.05, 4.69) is 14.7 Å². The monoisotopic (exact) mass is 550 g/mol. The number of rotatable bonds is 11. The standard InChI is InChI=1S/C27H26N4O7S/c1-36-20-11-18(26(25(13-20)37-2)38-16-19(33)15-32)12-24-27(30-23-6-4-3-5-22(23)29-24)31-39(34,35)21-9-7-17(14-28)8-10-21/h3-11,13,19,32-33H,12,15-16H2,1-2H3,(H,30,31). The van der Waals surface area contributed by atoms with Crippen LogP contribution in [0.5, 0.6) is 17.2 Å². The number of ether oxygens (including phenoxy) is 3. The molecule has 0 saturated heterocycles. The van der Waals surface area contributed by atoms with Crippen molar-refractivity contribution in [3.05, 3.63) is 77.5 Å². The van der Waals surface area contributed by atoms with Gasteiger partial charge in [-0.2, -0.15) is 5.26 Å². The fourth-order valence-corrected chi connectivity index (χ4v) is 4.78. The number of nitrogens with zero attached hydrogens (tertiary/aromatic N) is 3. The van der Waals surface area contributed by atoms with Crippen molar-refractivity contribution in [2.24, 2.45) is 0 Å². The molecule has 0 fully saturated rings. The van der Waals surface area contributed by atoms with Crippen molar-refractivity contribution in [2.75, 3.05) is 32.2 Å². The van der Waals surface area contributed by atoms with Gasteiger partial charge in [-0.05, 0) is 42.5 Å². The third kappa shape index (κ3) is 6.35. The molecule has 12 heteroatoms. The molecule has 0 aliphatic rings. The van der Waals surface area contributed by atoms with Gasteiger partial charge in [0.15, 0.2) is 17.3 Å². The summed E-state index contributed by atoms with van der Waals surface area (Å²) in [4.78, 5) is 9.17. The SMILES string of the molecule is COc1cc(Cc2nc3ccccc3nc2NS(=O)(=O)c2ccc(C#N)cc2)c(OCC(O)CO)c(OC)c1. The van der Waals surface area contributed by atoms with Gasteiger partial charge < -0.3 is 24.4 Å². The highest BCUT2D eigenvalue weighted by molar-refractivity contribution is 7.92. The average molecular weight is 551 g/mol. The van der Waals surface area contributed by atoms with Crippen LogP contribution in [0.3, 0.4) is 0 Å². The second-order valence-electron chi connectivity index (χ2n) is 8.39. The Hall–Kier alpha value is -4.44. The third-order valence-electron chi connectivity index (χ3n) is 5.72. The molecule has 1 atom stereocenters. The van der Waals surface area contributed by atoms with Gasteiger partial charge in [0.1, 0.15) is 18.5 Å². The molecule has 39 heavy (non-hydrogen) atoms. The second-order valence-corrected chi connectivity index (χ2v) is 10.1. The van der Waals surface area contributed by atoms with E-state index in [1.54, 1.807) is 36.4 Å². The van der Waals surface area contributed by atoms with Crippen LogP contribution in [0.2, 0.25) is 0 Å². The topological polar surface area (TPSA) is 164 Å². The van der Waals surface area contributed by atoms with Gasteiger partial charge in [-0.25, -0.2) is 18.4 Å². The summed E-state index contributed by atoms with van der Waals surface area (Å²) >= 11 is 0. The Morgan fingerprint density at radius 3 is 2.33 bits per heavy atom. The van der Waals surface area contributed by atoms with Crippen LogP contribution in [0.1, 0.15) is 16.8 Å². The van der Waals surface area contributed by atoms with E-state index in [0.29, 0.717) is 33.7 Å². The number of anilines is 1. The van der Waals surface area contributed by atoms with Crippen LogP contribution in [0.15, 0.2) is 65.6 Å². The highest BCUT2D eigenvalue weighted by Gasteiger charge is 2.22. The molecule has 4 aromatic rings. The Labute approximate surface area is 225 Å². The molecule has 11 nitrogen and oxygen atoms in total. The van der Waals surface area contributed by atoms with Crippen molar-refractivity contribution in [3.63, 3.8) is 0 Å². The first-order chi connectivity index (χ1) is 18.8. The van der Waals surface area contributed by atoms with Crippen molar-refractivity contribution in [2.45, 2.75) is 17.4 Å². The van der Waals surface area contributed by atoms with E-state index in [0.717, 1.165) is 0 Å². The number of nitrogens with one attached hydrogen (secondary N) is 1. The Morgan fingerprint density at radius 1 is 1.03 bits per heavy atom. The van der Waals surface area contributed by atoms with Gasteiger partial charge >= 0.3 is 0 Å². The number of benzene rings is 3. The van der Waals surface area contributed by atoms with E-state index >= 15 is 0 Å². The summed E-state index contributed by atoms with van der Waals surface area (Å²) < 4.78 is 45.7. The van der Waals surface area contributed by atoms with Crippen LogP contribution in [0.25, 0.3) is 11.0 Å². The van der Waals surface area contributed by atoms with E-state index in [9.17, 15) is 18.6 Å². The first kappa shape index (κ1) is 27.6. The Bertz CT molecular complexity index is 1620. The summed E-state index contributed by atoms with van der Waals surface area (Å²) in [6.45, 7) is -0.709. The molecule has 0 spiro atoms. The Morgan fingerprint density at radius 2 is 1.72 bits per heavy atom. The minimum Gasteiger partial charge on any atom is -0.497 e. The van der Waals surface area contributed by atoms with Crippen LogP contribution in [0, 0.1) is 11.3 Å². The maximum Gasteiger partial charge on any atom is 0.263 e. The maximum absolute atomic E-state index is 13.2. The highest BCUT2D eigenvalue weighted by atomic mass is 32.2. The number of aliphatic hydroxyl groups is 2. The number of aliphatic hydroxyl groups excluding tert-OH is 2. The first-order valence-electron chi connectivity index (χ1n) is 11.7. The van der Waals surface area contributed by atoms with Crippen molar-refractivity contribution < 1.29 is 32.8 Å². The largest absolute Gasteiger partial charge is 0.497 e. The van der Waals surface area contributed by atoms with E-state index < -0.39 is 22.7 Å². The third-order valence-corrected chi connectivity index (χ3v) is 7.07. The van der Waals surface area contributed by atoms with Crippen LogP contribution >= 0.6 is 0 Å². The molecule has 3 N–H and O–H groups in total. The molecule has 0 aliphatic heterocycles.